The highest BCUT2D eigenvalue weighted by Gasteiger charge is 2.05. The van der Waals surface area contributed by atoms with Crippen LogP contribution in [0.5, 0.6) is 0 Å². The van der Waals surface area contributed by atoms with E-state index in [0.717, 1.165) is 11.3 Å². The predicted octanol–water partition coefficient (Wildman–Crippen LogP) is 1.59. The number of para-hydroxylation sites is 1. The van der Waals surface area contributed by atoms with Gasteiger partial charge in [0.25, 0.3) is 0 Å². The molecule has 0 aliphatic heterocycles. The van der Waals surface area contributed by atoms with Gasteiger partial charge in [-0.3, -0.25) is 0 Å². The van der Waals surface area contributed by atoms with E-state index in [9.17, 15) is 0 Å². The smallest absolute Gasteiger partial charge is 0.162 e. The van der Waals surface area contributed by atoms with Gasteiger partial charge >= 0.3 is 0 Å². The van der Waals surface area contributed by atoms with E-state index in [-0.39, 0.29) is 0 Å². The molecule has 0 spiro atoms. The summed E-state index contributed by atoms with van der Waals surface area (Å²) in [7, 11) is 1.88. The monoisotopic (exact) mass is 258 g/mol. The third kappa shape index (κ3) is 2.57. The first-order valence-electron chi connectivity index (χ1n) is 5.48. The van der Waals surface area contributed by atoms with Crippen molar-refractivity contribution in [2.45, 2.75) is 0 Å². The number of aryl methyl sites for hydroxylation is 1. The zero-order valence-electron chi connectivity index (χ0n) is 10.00. The van der Waals surface area contributed by atoms with Crippen molar-refractivity contribution in [1.82, 2.24) is 4.57 Å². The molecule has 0 fully saturated rings. The van der Waals surface area contributed by atoms with Gasteiger partial charge in [0.1, 0.15) is 4.99 Å². The average Bonchev–Trinajstić information content (AvgIpc) is 2.39. The van der Waals surface area contributed by atoms with Crippen LogP contribution in [0.4, 0.5) is 5.69 Å². The van der Waals surface area contributed by atoms with Crippen molar-refractivity contribution in [3.8, 4) is 0 Å². The van der Waals surface area contributed by atoms with Crippen molar-refractivity contribution in [2.75, 3.05) is 5.32 Å². The fourth-order valence-electron chi connectivity index (χ4n) is 1.66. The first kappa shape index (κ1) is 12.3. The summed E-state index contributed by atoms with van der Waals surface area (Å²) in [6.45, 7) is 0. The molecule has 4 nitrogen and oxygen atoms in total. The highest BCUT2D eigenvalue weighted by molar-refractivity contribution is 7.81. The molecule has 0 saturated heterocycles. The van der Waals surface area contributed by atoms with E-state index >= 15 is 0 Å². The molecule has 0 unspecified atom stereocenters. The van der Waals surface area contributed by atoms with E-state index in [0.29, 0.717) is 10.5 Å². The summed E-state index contributed by atoms with van der Waals surface area (Å²) in [5, 5.41) is 6.93. The lowest BCUT2D eigenvalue weighted by molar-refractivity contribution is 0.812. The maximum atomic E-state index is 5.40. The molecule has 2 aromatic rings. The summed E-state index contributed by atoms with van der Waals surface area (Å²) < 4.78 is 1.83. The molecule has 5 heteroatoms. The maximum absolute atomic E-state index is 5.40. The Balaban J connectivity index is 2.33. The Bertz CT molecular complexity index is 616. The molecule has 0 amide bonds. The number of pyridine rings is 1. The first-order valence-corrected chi connectivity index (χ1v) is 5.89. The SMILES string of the molecule is Cn1cccc(C(=S)Nc2ccccc2)c1=NN. The Morgan fingerprint density at radius 2 is 1.94 bits per heavy atom. The number of anilines is 1. The molecule has 0 saturated carbocycles. The Kier molecular flexibility index (Phi) is 3.74. The van der Waals surface area contributed by atoms with Gasteiger partial charge in [-0.1, -0.05) is 30.4 Å². The van der Waals surface area contributed by atoms with Gasteiger partial charge in [-0.05, 0) is 24.3 Å². The number of nitrogens with zero attached hydrogens (tertiary/aromatic N) is 2. The minimum atomic E-state index is 0.599. The van der Waals surface area contributed by atoms with Crippen molar-refractivity contribution in [3.05, 3.63) is 59.7 Å². The van der Waals surface area contributed by atoms with E-state index in [1.807, 2.05) is 60.3 Å². The van der Waals surface area contributed by atoms with E-state index < -0.39 is 0 Å². The second-order valence-electron chi connectivity index (χ2n) is 3.81. The maximum Gasteiger partial charge on any atom is 0.162 e. The molecule has 92 valence electrons. The lowest BCUT2D eigenvalue weighted by Crippen LogP contribution is -2.29. The van der Waals surface area contributed by atoms with Crippen LogP contribution in [0.25, 0.3) is 0 Å². The highest BCUT2D eigenvalue weighted by Crippen LogP contribution is 2.07. The number of hydrogen-bond donors (Lipinski definition) is 2. The first-order chi connectivity index (χ1) is 8.72. The van der Waals surface area contributed by atoms with Gasteiger partial charge in [0, 0.05) is 18.9 Å². The molecular formula is C13H14N4S. The number of benzene rings is 1. The van der Waals surface area contributed by atoms with Gasteiger partial charge in [-0.25, -0.2) is 0 Å². The normalized spacial score (nSPS) is 11.3. The fourth-order valence-corrected chi connectivity index (χ4v) is 1.94. The number of aromatic nitrogens is 1. The lowest BCUT2D eigenvalue weighted by atomic mass is 10.2. The Morgan fingerprint density at radius 1 is 1.22 bits per heavy atom. The number of rotatable bonds is 2. The highest BCUT2D eigenvalue weighted by atomic mass is 32.1. The van der Waals surface area contributed by atoms with Gasteiger partial charge in [0.15, 0.2) is 5.49 Å². The third-order valence-electron chi connectivity index (χ3n) is 2.55. The average molecular weight is 258 g/mol. The van der Waals surface area contributed by atoms with Crippen LogP contribution in [0.3, 0.4) is 0 Å². The molecular weight excluding hydrogens is 244 g/mol. The quantitative estimate of drug-likeness (QED) is 0.488. The van der Waals surface area contributed by atoms with Crippen LogP contribution >= 0.6 is 12.2 Å². The van der Waals surface area contributed by atoms with Gasteiger partial charge in [0.2, 0.25) is 0 Å². The van der Waals surface area contributed by atoms with Gasteiger partial charge in [-0.2, -0.15) is 5.10 Å². The standard InChI is InChI=1S/C13H14N4S/c1-17-9-5-8-11(12(17)16-14)13(18)15-10-6-3-2-4-7-10/h2-9H,14H2,1H3,(H,15,18). The molecule has 1 aromatic heterocycles. The molecule has 2 rings (SSSR count). The van der Waals surface area contributed by atoms with E-state index in [4.69, 9.17) is 18.1 Å². The molecule has 0 atom stereocenters. The Labute approximate surface area is 111 Å². The van der Waals surface area contributed by atoms with Crippen LogP contribution in [0.2, 0.25) is 0 Å². The van der Waals surface area contributed by atoms with Gasteiger partial charge in [-0.15, -0.1) is 0 Å². The summed E-state index contributed by atoms with van der Waals surface area (Å²) in [4.78, 5) is 0.599. The third-order valence-corrected chi connectivity index (χ3v) is 2.87. The van der Waals surface area contributed by atoms with Crippen LogP contribution in [0.15, 0.2) is 53.8 Å². The minimum absolute atomic E-state index is 0.599. The van der Waals surface area contributed by atoms with Crippen molar-refractivity contribution < 1.29 is 0 Å². The van der Waals surface area contributed by atoms with Gasteiger partial charge in [0.05, 0.1) is 5.56 Å². The van der Waals surface area contributed by atoms with E-state index in [2.05, 4.69) is 10.4 Å². The molecule has 18 heavy (non-hydrogen) atoms. The second-order valence-corrected chi connectivity index (χ2v) is 4.21. The molecule has 0 aliphatic rings. The summed E-state index contributed by atoms with van der Waals surface area (Å²) in [5.41, 5.74) is 2.39. The Hall–Kier alpha value is -2.14. The summed E-state index contributed by atoms with van der Waals surface area (Å²) in [6.07, 6.45) is 1.88. The minimum Gasteiger partial charge on any atom is -0.346 e. The van der Waals surface area contributed by atoms with Crippen molar-refractivity contribution in [3.63, 3.8) is 0 Å². The molecule has 0 aliphatic carbocycles. The van der Waals surface area contributed by atoms with Crippen LogP contribution in [0.1, 0.15) is 5.56 Å². The summed E-state index contributed by atoms with van der Waals surface area (Å²) in [6, 6.07) is 13.6. The number of nitrogens with one attached hydrogen (secondary N) is 1. The molecule has 1 heterocycles. The van der Waals surface area contributed by atoms with Crippen LogP contribution < -0.4 is 16.6 Å². The van der Waals surface area contributed by atoms with E-state index in [1.54, 1.807) is 0 Å². The van der Waals surface area contributed by atoms with Crippen LogP contribution in [-0.2, 0) is 7.05 Å². The predicted molar refractivity (Wildman–Crippen MR) is 76.9 cm³/mol. The van der Waals surface area contributed by atoms with E-state index in [1.165, 1.54) is 0 Å². The second kappa shape index (κ2) is 5.46. The summed E-state index contributed by atoms with van der Waals surface area (Å²) in [5.74, 6) is 5.40. The largest absolute Gasteiger partial charge is 0.346 e. The number of nitrogens with two attached hydrogens (primary N) is 1. The van der Waals surface area contributed by atoms with Crippen molar-refractivity contribution in [1.29, 1.82) is 0 Å². The number of thiocarbonyl (C=S) groups is 1. The summed E-state index contributed by atoms with van der Waals surface area (Å²) >= 11 is 5.38. The van der Waals surface area contributed by atoms with Crippen LogP contribution in [-0.4, -0.2) is 9.56 Å². The Morgan fingerprint density at radius 3 is 2.61 bits per heavy atom. The van der Waals surface area contributed by atoms with Crippen LogP contribution in [0, 0.1) is 0 Å². The molecule has 0 bridgehead atoms. The molecule has 1 aromatic carbocycles. The zero-order valence-corrected chi connectivity index (χ0v) is 10.8. The van der Waals surface area contributed by atoms with Gasteiger partial charge < -0.3 is 15.7 Å². The lowest BCUT2D eigenvalue weighted by Gasteiger charge is -2.09. The molecule has 0 radical (unpaired) electrons. The topological polar surface area (TPSA) is 55.3 Å². The van der Waals surface area contributed by atoms with Crippen molar-refractivity contribution in [2.24, 2.45) is 18.0 Å². The number of hydrogen-bond acceptors (Lipinski definition) is 3. The zero-order chi connectivity index (χ0) is 13.0. The van der Waals surface area contributed by atoms with Crippen molar-refractivity contribution >= 4 is 22.9 Å². The molecule has 3 N–H and O–H groups in total. The fraction of sp³-hybridized carbons (Fsp3) is 0.0769.